The molecule has 156 valence electrons. The normalized spacial score (nSPS) is 20.8. The van der Waals surface area contributed by atoms with Crippen LogP contribution in [-0.2, 0) is 6.42 Å². The van der Waals surface area contributed by atoms with Gasteiger partial charge < -0.3 is 10.2 Å². The molecule has 2 aromatic heterocycles. The van der Waals surface area contributed by atoms with Gasteiger partial charge in [0.25, 0.3) is 5.56 Å². The lowest BCUT2D eigenvalue weighted by molar-refractivity contribution is 0.188. The number of nitrogens with zero attached hydrogens (tertiary/aromatic N) is 4. The maximum atomic E-state index is 13.1. The third-order valence-electron chi connectivity index (χ3n) is 6.10. The molecule has 2 amide bonds. The molecule has 0 bridgehead atoms. The highest BCUT2D eigenvalue weighted by molar-refractivity contribution is 7.16. The van der Waals surface area contributed by atoms with Gasteiger partial charge in [0, 0.05) is 12.6 Å². The summed E-state index contributed by atoms with van der Waals surface area (Å²) in [5.74, 6) is 0.177. The van der Waals surface area contributed by atoms with E-state index in [4.69, 9.17) is 0 Å². The molecule has 0 saturated carbocycles. The van der Waals surface area contributed by atoms with Crippen LogP contribution in [0.15, 0.2) is 35.1 Å². The number of likely N-dealkylation sites (tertiary alicyclic amines) is 1. The molecule has 8 heteroatoms. The fourth-order valence-corrected chi connectivity index (χ4v) is 5.54. The maximum Gasteiger partial charge on any atom is 0.318 e. The van der Waals surface area contributed by atoms with E-state index in [2.05, 4.69) is 27.5 Å². The number of fused-ring (bicyclic) bond motifs is 2. The number of hydrogen-bond donors (Lipinski definition) is 1. The predicted molar refractivity (Wildman–Crippen MR) is 116 cm³/mol. The first-order chi connectivity index (χ1) is 14.5. The summed E-state index contributed by atoms with van der Waals surface area (Å²) in [6.07, 6.45) is 3.70. The Labute approximate surface area is 178 Å². The van der Waals surface area contributed by atoms with Crippen LogP contribution in [0.5, 0.6) is 0 Å². The Morgan fingerprint density at radius 3 is 2.93 bits per heavy atom. The van der Waals surface area contributed by atoms with Gasteiger partial charge in [-0.3, -0.25) is 4.79 Å². The molecule has 2 aliphatic rings. The first kappa shape index (κ1) is 19.2. The molecule has 1 aromatic carbocycles. The first-order valence-electron chi connectivity index (χ1n) is 10.6. The molecular weight excluding hydrogens is 398 g/mol. The maximum absolute atomic E-state index is 13.1. The largest absolute Gasteiger partial charge is 0.331 e. The van der Waals surface area contributed by atoms with Crippen molar-refractivity contribution in [3.63, 3.8) is 0 Å². The van der Waals surface area contributed by atoms with Crippen molar-refractivity contribution in [2.24, 2.45) is 0 Å². The van der Waals surface area contributed by atoms with Crippen LogP contribution in [0, 0.1) is 0 Å². The summed E-state index contributed by atoms with van der Waals surface area (Å²) in [6.45, 7) is 4.73. The topological polar surface area (TPSA) is 79.6 Å². The molecule has 0 spiro atoms. The highest BCUT2D eigenvalue weighted by Crippen LogP contribution is 2.36. The highest BCUT2D eigenvalue weighted by Gasteiger charge is 2.35. The van der Waals surface area contributed by atoms with Crippen molar-refractivity contribution in [3.8, 4) is 0 Å². The van der Waals surface area contributed by atoms with Crippen molar-refractivity contribution in [1.29, 1.82) is 0 Å². The van der Waals surface area contributed by atoms with Crippen molar-refractivity contribution in [2.75, 3.05) is 6.54 Å². The molecule has 1 aliphatic carbocycles. The smallest absolute Gasteiger partial charge is 0.318 e. The molecule has 1 fully saturated rings. The Kier molecular flexibility index (Phi) is 4.81. The summed E-state index contributed by atoms with van der Waals surface area (Å²) >= 11 is 1.41. The summed E-state index contributed by atoms with van der Waals surface area (Å²) in [4.78, 5) is 32.7. The van der Waals surface area contributed by atoms with Gasteiger partial charge in [-0.25, -0.2) is 9.78 Å². The first-order valence-corrected chi connectivity index (χ1v) is 11.4. The van der Waals surface area contributed by atoms with Gasteiger partial charge >= 0.3 is 6.03 Å². The van der Waals surface area contributed by atoms with Crippen LogP contribution in [0.2, 0.25) is 0 Å². The molecule has 5 rings (SSSR count). The minimum atomic E-state index is -0.164. The van der Waals surface area contributed by atoms with Gasteiger partial charge in [-0.1, -0.05) is 49.4 Å². The quantitative estimate of drug-likeness (QED) is 0.695. The zero-order valence-electron chi connectivity index (χ0n) is 17.2. The van der Waals surface area contributed by atoms with Gasteiger partial charge in [-0.2, -0.15) is 9.61 Å². The molecule has 1 unspecified atom stereocenters. The lowest BCUT2D eigenvalue weighted by Gasteiger charge is -2.25. The van der Waals surface area contributed by atoms with Gasteiger partial charge in [0.1, 0.15) is 5.01 Å². The van der Waals surface area contributed by atoms with E-state index in [0.717, 1.165) is 36.4 Å². The number of aryl methyl sites for hydroxylation is 1. The van der Waals surface area contributed by atoms with E-state index in [-0.39, 0.29) is 29.6 Å². The zero-order valence-corrected chi connectivity index (χ0v) is 18.0. The Balaban J connectivity index is 1.39. The van der Waals surface area contributed by atoms with Crippen molar-refractivity contribution in [2.45, 2.75) is 57.5 Å². The van der Waals surface area contributed by atoms with Crippen molar-refractivity contribution < 1.29 is 4.79 Å². The van der Waals surface area contributed by atoms with Crippen LogP contribution in [-0.4, -0.2) is 32.1 Å². The van der Waals surface area contributed by atoms with Crippen LogP contribution in [0.25, 0.3) is 4.96 Å². The van der Waals surface area contributed by atoms with Crippen LogP contribution in [0.4, 0.5) is 4.79 Å². The number of carbonyl (C=O) groups excluding carboxylic acids is 1. The number of benzene rings is 1. The molecule has 1 saturated heterocycles. The molecule has 0 radical (unpaired) electrons. The molecule has 1 aliphatic heterocycles. The molecular formula is C22H25N5O2S. The number of urea groups is 1. The van der Waals surface area contributed by atoms with E-state index in [1.54, 1.807) is 6.07 Å². The zero-order chi connectivity index (χ0) is 20.8. The lowest BCUT2D eigenvalue weighted by atomic mass is 10.1. The minimum absolute atomic E-state index is 0.0540. The van der Waals surface area contributed by atoms with E-state index in [1.807, 2.05) is 30.9 Å². The van der Waals surface area contributed by atoms with Gasteiger partial charge in [0.05, 0.1) is 17.8 Å². The van der Waals surface area contributed by atoms with E-state index in [1.165, 1.54) is 27.0 Å². The Bertz CT molecular complexity index is 1170. The number of nitrogens with one attached hydrogen (secondary N) is 1. The second kappa shape index (κ2) is 7.50. The van der Waals surface area contributed by atoms with Crippen LogP contribution in [0.1, 0.15) is 72.9 Å². The standard InChI is InChI=1S/C22H25N5O2S/c1-13(2)17-12-19(28)27-22(24-17)30-20(25-27)18-8-5-11-26(18)21(29)23-16-10-9-14-6-3-4-7-15(14)16/h3-4,6-7,12-13,16,18H,5,8-11H2,1-2H3,(H,23,29)/t16-,18?/m1/s1. The summed E-state index contributed by atoms with van der Waals surface area (Å²) in [7, 11) is 0. The third-order valence-corrected chi connectivity index (χ3v) is 7.11. The monoisotopic (exact) mass is 423 g/mol. The second-order valence-corrected chi connectivity index (χ2v) is 9.39. The summed E-state index contributed by atoms with van der Waals surface area (Å²) in [5, 5.41) is 8.54. The Morgan fingerprint density at radius 1 is 1.27 bits per heavy atom. The SMILES string of the molecule is CC(C)c1cc(=O)n2nc(C3CCCN3C(=O)N[C@@H]3CCc4ccccc43)sc2n1. The molecule has 30 heavy (non-hydrogen) atoms. The number of carbonyl (C=O) groups is 1. The average molecular weight is 424 g/mol. The molecule has 3 heterocycles. The highest BCUT2D eigenvalue weighted by atomic mass is 32.1. The number of hydrogen-bond acceptors (Lipinski definition) is 5. The summed E-state index contributed by atoms with van der Waals surface area (Å²) < 4.78 is 1.37. The van der Waals surface area contributed by atoms with E-state index in [0.29, 0.717) is 11.5 Å². The molecule has 3 aromatic rings. The number of aromatic nitrogens is 3. The van der Waals surface area contributed by atoms with Crippen molar-refractivity contribution in [1.82, 2.24) is 24.8 Å². The van der Waals surface area contributed by atoms with Crippen LogP contribution in [0.3, 0.4) is 0 Å². The van der Waals surface area contributed by atoms with Gasteiger partial charge in [-0.05, 0) is 42.7 Å². The third kappa shape index (κ3) is 3.29. The van der Waals surface area contributed by atoms with E-state index >= 15 is 0 Å². The van der Waals surface area contributed by atoms with E-state index in [9.17, 15) is 9.59 Å². The van der Waals surface area contributed by atoms with Crippen molar-refractivity contribution in [3.05, 3.63) is 62.5 Å². The Hall–Kier alpha value is -2.74. The Morgan fingerprint density at radius 2 is 2.10 bits per heavy atom. The second-order valence-electron chi connectivity index (χ2n) is 8.40. The van der Waals surface area contributed by atoms with E-state index < -0.39 is 0 Å². The molecule has 7 nitrogen and oxygen atoms in total. The summed E-state index contributed by atoms with van der Waals surface area (Å²) in [5.41, 5.74) is 3.15. The molecule has 2 atom stereocenters. The number of rotatable bonds is 3. The fourth-order valence-electron chi connectivity index (χ4n) is 4.48. The van der Waals surface area contributed by atoms with Crippen LogP contribution < -0.4 is 10.9 Å². The van der Waals surface area contributed by atoms with Crippen molar-refractivity contribution >= 4 is 22.3 Å². The average Bonchev–Trinajstić information content (AvgIpc) is 3.45. The fraction of sp³-hybridized carbons (Fsp3) is 0.455. The number of amides is 2. The summed E-state index contributed by atoms with van der Waals surface area (Å²) in [6, 6.07) is 9.76. The van der Waals surface area contributed by atoms with Gasteiger partial charge in [0.2, 0.25) is 4.96 Å². The predicted octanol–water partition coefficient (Wildman–Crippen LogP) is 3.81. The minimum Gasteiger partial charge on any atom is -0.331 e. The lowest BCUT2D eigenvalue weighted by Crippen LogP contribution is -2.40. The van der Waals surface area contributed by atoms with Gasteiger partial charge in [-0.15, -0.1) is 0 Å². The van der Waals surface area contributed by atoms with Gasteiger partial charge in [0.15, 0.2) is 0 Å². The van der Waals surface area contributed by atoms with Crippen LogP contribution >= 0.6 is 11.3 Å². The molecule has 1 N–H and O–H groups in total.